The van der Waals surface area contributed by atoms with Crippen molar-refractivity contribution < 1.29 is 4.79 Å². The van der Waals surface area contributed by atoms with E-state index in [1.165, 1.54) is 0 Å². The lowest BCUT2D eigenvalue weighted by atomic mass is 10.1. The zero-order valence-electron chi connectivity index (χ0n) is 8.70. The molecule has 0 saturated carbocycles. The second-order valence-corrected chi connectivity index (χ2v) is 4.11. The van der Waals surface area contributed by atoms with Crippen LogP contribution in [0.4, 0.5) is 5.69 Å². The molecule has 0 radical (unpaired) electrons. The second-order valence-electron chi connectivity index (χ2n) is 3.68. The predicted octanol–water partition coefficient (Wildman–Crippen LogP) is 2.56. The monoisotopic (exact) mass is 245 g/mol. The lowest BCUT2D eigenvalue weighted by molar-refractivity contribution is -0.110. The van der Waals surface area contributed by atoms with Gasteiger partial charge in [0.1, 0.15) is 5.82 Å². The summed E-state index contributed by atoms with van der Waals surface area (Å²) in [4.78, 5) is 18.8. The molecule has 1 aliphatic heterocycles. The maximum absolute atomic E-state index is 11.8. The number of imidazole rings is 1. The Morgan fingerprint density at radius 1 is 1.35 bits per heavy atom. The van der Waals surface area contributed by atoms with Crippen molar-refractivity contribution in [3.8, 4) is 0 Å². The summed E-state index contributed by atoms with van der Waals surface area (Å²) >= 11 is 5.93. The number of benzene rings is 1. The average molecular weight is 246 g/mol. The van der Waals surface area contributed by atoms with Gasteiger partial charge in [-0.2, -0.15) is 0 Å². The Kier molecular flexibility index (Phi) is 2.23. The molecule has 0 aliphatic carbocycles. The van der Waals surface area contributed by atoms with Crippen molar-refractivity contribution in [1.29, 1.82) is 0 Å². The Morgan fingerprint density at radius 2 is 2.24 bits per heavy atom. The highest BCUT2D eigenvalue weighted by molar-refractivity contribution is 6.36. The number of amides is 1. The number of carbonyl (C=O) groups is 1. The highest BCUT2D eigenvalue weighted by Crippen LogP contribution is 2.34. The summed E-state index contributed by atoms with van der Waals surface area (Å²) < 4.78 is 0. The average Bonchev–Trinajstić information content (AvgIpc) is 2.90. The van der Waals surface area contributed by atoms with Gasteiger partial charge in [-0.15, -0.1) is 0 Å². The predicted molar refractivity (Wildman–Crippen MR) is 66.5 cm³/mol. The number of nitrogens with one attached hydrogen (secondary N) is 2. The quantitative estimate of drug-likeness (QED) is 0.759. The maximum atomic E-state index is 11.8. The fraction of sp³-hybridized carbons (Fsp3) is 0. The van der Waals surface area contributed by atoms with Gasteiger partial charge in [-0.1, -0.05) is 11.6 Å². The van der Waals surface area contributed by atoms with Crippen LogP contribution in [0.3, 0.4) is 0 Å². The van der Waals surface area contributed by atoms with Gasteiger partial charge >= 0.3 is 0 Å². The first-order valence-electron chi connectivity index (χ1n) is 5.06. The van der Waals surface area contributed by atoms with E-state index < -0.39 is 0 Å². The number of hydrogen-bond donors (Lipinski definition) is 2. The Labute approximate surface area is 102 Å². The molecule has 0 spiro atoms. The van der Waals surface area contributed by atoms with Crippen LogP contribution < -0.4 is 5.32 Å². The van der Waals surface area contributed by atoms with E-state index in [-0.39, 0.29) is 5.91 Å². The van der Waals surface area contributed by atoms with E-state index in [0.29, 0.717) is 16.4 Å². The lowest BCUT2D eigenvalue weighted by Gasteiger charge is -1.98. The first-order valence-corrected chi connectivity index (χ1v) is 5.44. The minimum atomic E-state index is -0.140. The van der Waals surface area contributed by atoms with E-state index in [4.69, 9.17) is 11.6 Å². The van der Waals surface area contributed by atoms with Crippen molar-refractivity contribution >= 4 is 34.8 Å². The first kappa shape index (κ1) is 10.1. The van der Waals surface area contributed by atoms with Gasteiger partial charge in [-0.3, -0.25) is 4.79 Å². The summed E-state index contributed by atoms with van der Waals surface area (Å²) in [5, 5.41) is 3.38. The molecule has 3 rings (SSSR count). The van der Waals surface area contributed by atoms with Crippen LogP contribution in [0, 0.1) is 0 Å². The Hall–Kier alpha value is -2.07. The Balaban J connectivity index is 2.13. The molecule has 0 saturated heterocycles. The third kappa shape index (κ3) is 1.72. The molecule has 5 heteroatoms. The van der Waals surface area contributed by atoms with Crippen LogP contribution in [0.25, 0.3) is 11.6 Å². The number of hydrogen-bond acceptors (Lipinski definition) is 2. The van der Waals surface area contributed by atoms with Crippen LogP contribution in [0.1, 0.15) is 11.4 Å². The maximum Gasteiger partial charge on any atom is 0.256 e. The van der Waals surface area contributed by atoms with Crippen molar-refractivity contribution in [2.45, 2.75) is 0 Å². The molecule has 2 aromatic rings. The molecule has 0 unspecified atom stereocenters. The molecule has 0 bridgehead atoms. The van der Waals surface area contributed by atoms with Crippen molar-refractivity contribution in [3.63, 3.8) is 0 Å². The summed E-state index contributed by atoms with van der Waals surface area (Å²) in [5.41, 5.74) is 2.15. The lowest BCUT2D eigenvalue weighted by Crippen LogP contribution is -2.03. The highest BCUT2D eigenvalue weighted by Gasteiger charge is 2.24. The van der Waals surface area contributed by atoms with E-state index in [2.05, 4.69) is 15.3 Å². The minimum Gasteiger partial charge on any atom is -0.345 e. The van der Waals surface area contributed by atoms with Gasteiger partial charge in [0.05, 0.1) is 5.57 Å². The van der Waals surface area contributed by atoms with Crippen LogP contribution in [-0.2, 0) is 4.79 Å². The highest BCUT2D eigenvalue weighted by atomic mass is 35.5. The number of fused-ring (bicyclic) bond motifs is 1. The normalized spacial score (nSPS) is 16.1. The summed E-state index contributed by atoms with van der Waals surface area (Å²) in [6.45, 7) is 0. The van der Waals surface area contributed by atoms with E-state index in [1.807, 2.05) is 0 Å². The van der Waals surface area contributed by atoms with Crippen molar-refractivity contribution in [2.24, 2.45) is 0 Å². The van der Waals surface area contributed by atoms with Crippen LogP contribution in [0.15, 0.2) is 30.6 Å². The van der Waals surface area contributed by atoms with E-state index in [9.17, 15) is 4.79 Å². The number of nitrogens with zero attached hydrogens (tertiary/aromatic N) is 1. The molecule has 2 heterocycles. The minimum absolute atomic E-state index is 0.140. The molecule has 2 N–H and O–H groups in total. The number of H-pyrrole nitrogens is 1. The van der Waals surface area contributed by atoms with Crippen LogP contribution in [0.2, 0.25) is 5.02 Å². The molecule has 0 fully saturated rings. The summed E-state index contributed by atoms with van der Waals surface area (Å²) in [6, 6.07) is 5.30. The molecule has 84 valence electrons. The zero-order valence-corrected chi connectivity index (χ0v) is 9.45. The van der Waals surface area contributed by atoms with Gasteiger partial charge in [0.2, 0.25) is 0 Å². The molecule has 1 aliphatic rings. The largest absolute Gasteiger partial charge is 0.345 e. The van der Waals surface area contributed by atoms with E-state index in [1.54, 1.807) is 36.7 Å². The van der Waals surface area contributed by atoms with Crippen LogP contribution in [-0.4, -0.2) is 15.9 Å². The summed E-state index contributed by atoms with van der Waals surface area (Å²) in [5.74, 6) is 0.502. The van der Waals surface area contributed by atoms with Crippen LogP contribution in [0.5, 0.6) is 0 Å². The third-order valence-electron chi connectivity index (χ3n) is 2.57. The number of carbonyl (C=O) groups excluding carboxylic acids is 1. The molecular formula is C12H8ClN3O. The van der Waals surface area contributed by atoms with Gasteiger partial charge in [-0.05, 0) is 24.3 Å². The molecule has 17 heavy (non-hydrogen) atoms. The standard InChI is InChI=1S/C12H8ClN3O/c13-7-1-2-10-8(5-7)9(12(17)16-10)6-11-14-3-4-15-11/h1-6H,(H,14,15)(H,16,17)/b9-6-. The summed E-state index contributed by atoms with van der Waals surface area (Å²) in [7, 11) is 0. The number of rotatable bonds is 1. The van der Waals surface area contributed by atoms with Crippen molar-refractivity contribution in [1.82, 2.24) is 9.97 Å². The molecule has 1 aromatic heterocycles. The third-order valence-corrected chi connectivity index (χ3v) is 2.80. The van der Waals surface area contributed by atoms with Gasteiger partial charge in [0.25, 0.3) is 5.91 Å². The van der Waals surface area contributed by atoms with Gasteiger partial charge in [0, 0.05) is 28.7 Å². The van der Waals surface area contributed by atoms with Crippen molar-refractivity contribution in [2.75, 3.05) is 5.32 Å². The molecule has 0 atom stereocenters. The molecular weight excluding hydrogens is 238 g/mol. The second kappa shape index (κ2) is 3.75. The number of halogens is 1. The SMILES string of the molecule is O=C1Nc2ccc(Cl)cc2/C1=C/c1ncc[nH]1. The van der Waals surface area contributed by atoms with E-state index in [0.717, 1.165) is 11.3 Å². The smallest absolute Gasteiger partial charge is 0.256 e. The summed E-state index contributed by atoms with van der Waals surface area (Å²) in [6.07, 6.45) is 5.05. The Bertz CT molecular complexity index is 617. The first-order chi connectivity index (χ1) is 8.24. The van der Waals surface area contributed by atoms with Gasteiger partial charge in [-0.25, -0.2) is 4.98 Å². The molecule has 1 aromatic carbocycles. The topological polar surface area (TPSA) is 57.8 Å². The van der Waals surface area contributed by atoms with Crippen LogP contribution >= 0.6 is 11.6 Å². The van der Waals surface area contributed by atoms with Gasteiger partial charge in [0.15, 0.2) is 0 Å². The fourth-order valence-electron chi connectivity index (χ4n) is 1.80. The van der Waals surface area contributed by atoms with E-state index >= 15 is 0 Å². The molecule has 1 amide bonds. The molecule has 4 nitrogen and oxygen atoms in total. The number of aromatic amines is 1. The van der Waals surface area contributed by atoms with Gasteiger partial charge < -0.3 is 10.3 Å². The number of anilines is 1. The Morgan fingerprint density at radius 3 is 3.00 bits per heavy atom. The van der Waals surface area contributed by atoms with Crippen molar-refractivity contribution in [3.05, 3.63) is 47.0 Å². The zero-order chi connectivity index (χ0) is 11.8. The number of aromatic nitrogens is 2. The fourth-order valence-corrected chi connectivity index (χ4v) is 1.97.